The smallest absolute Gasteiger partial charge is 0.160 e. The van der Waals surface area contributed by atoms with E-state index in [0.29, 0.717) is 5.82 Å². The van der Waals surface area contributed by atoms with E-state index in [1.54, 1.807) is 0 Å². The fraction of sp³-hybridized carbons (Fsp3) is 0.0588. The second-order valence-electron chi connectivity index (χ2n) is 14.6. The zero-order chi connectivity index (χ0) is 35.5. The summed E-state index contributed by atoms with van der Waals surface area (Å²) in [6, 6.07) is 65.4. The van der Waals surface area contributed by atoms with Crippen LogP contribution in [0.25, 0.3) is 88.8 Å². The maximum atomic E-state index is 5.29. The molecular weight excluding hydrogens is 641 g/mol. The van der Waals surface area contributed by atoms with Crippen LogP contribution in [0.15, 0.2) is 182 Å². The Labute approximate surface area is 310 Å². The average Bonchev–Trinajstić information content (AvgIpc) is 3.45. The van der Waals surface area contributed by atoms with Crippen LogP contribution in [-0.2, 0) is 5.41 Å². The first-order valence-electron chi connectivity index (χ1n) is 18.3. The Kier molecular flexibility index (Phi) is 7.19. The van der Waals surface area contributed by atoms with Crippen LogP contribution in [0.2, 0.25) is 0 Å². The molecule has 1 aliphatic carbocycles. The molecule has 1 heterocycles. The van der Waals surface area contributed by atoms with Crippen molar-refractivity contribution in [2.45, 2.75) is 19.3 Å². The summed E-state index contributed by atoms with van der Waals surface area (Å²) in [5.41, 5.74) is 15.1. The molecule has 1 aromatic heterocycles. The highest BCUT2D eigenvalue weighted by molar-refractivity contribution is 6.05. The number of fused-ring (bicyclic) bond motifs is 5. The van der Waals surface area contributed by atoms with Gasteiger partial charge in [0.1, 0.15) is 0 Å². The van der Waals surface area contributed by atoms with Crippen molar-refractivity contribution >= 4 is 21.5 Å². The summed E-state index contributed by atoms with van der Waals surface area (Å²) in [4.78, 5) is 10.5. The molecule has 0 saturated carbocycles. The summed E-state index contributed by atoms with van der Waals surface area (Å²) in [6.07, 6.45) is 0. The molecule has 0 N–H and O–H groups in total. The molecule has 10 rings (SSSR count). The fourth-order valence-corrected chi connectivity index (χ4v) is 8.30. The third-order valence-corrected chi connectivity index (χ3v) is 11.1. The standard InChI is InChI=1S/C51H36N2/c1-51(2)46-19-11-10-18-43(46)44-27-26-38(31-47(44)51)40-28-29-45(42-17-9-8-16-41(40)42)49-32-48(39-25-22-34-14-6-7-15-37(34)30-39)52-50(53-49)36-23-20-35(21-24-36)33-12-4-3-5-13-33/h3-32H,1-2H3. The van der Waals surface area contributed by atoms with Crippen molar-refractivity contribution in [3.05, 3.63) is 193 Å². The molecule has 9 aromatic rings. The lowest BCUT2D eigenvalue weighted by molar-refractivity contribution is 0.660. The van der Waals surface area contributed by atoms with Gasteiger partial charge in [-0.15, -0.1) is 0 Å². The lowest BCUT2D eigenvalue weighted by Crippen LogP contribution is -2.14. The second-order valence-corrected chi connectivity index (χ2v) is 14.6. The van der Waals surface area contributed by atoms with Crippen LogP contribution in [0.1, 0.15) is 25.0 Å². The minimum Gasteiger partial charge on any atom is -0.228 e. The molecule has 0 aliphatic heterocycles. The maximum Gasteiger partial charge on any atom is 0.160 e. The quantitative estimate of drug-likeness (QED) is 0.181. The molecule has 0 bridgehead atoms. The Morgan fingerprint density at radius 1 is 0.340 bits per heavy atom. The molecule has 0 unspecified atom stereocenters. The summed E-state index contributed by atoms with van der Waals surface area (Å²) >= 11 is 0. The van der Waals surface area contributed by atoms with Gasteiger partial charge in [-0.3, -0.25) is 0 Å². The first-order valence-corrected chi connectivity index (χ1v) is 18.3. The average molecular weight is 677 g/mol. The van der Waals surface area contributed by atoms with Crippen LogP contribution in [0.3, 0.4) is 0 Å². The van der Waals surface area contributed by atoms with Gasteiger partial charge in [-0.1, -0.05) is 178 Å². The first kappa shape index (κ1) is 31.1. The summed E-state index contributed by atoms with van der Waals surface area (Å²) in [7, 11) is 0. The summed E-state index contributed by atoms with van der Waals surface area (Å²) in [6.45, 7) is 4.69. The molecule has 0 spiro atoms. The van der Waals surface area contributed by atoms with Crippen molar-refractivity contribution in [2.24, 2.45) is 0 Å². The second kappa shape index (κ2) is 12.3. The Morgan fingerprint density at radius 2 is 0.906 bits per heavy atom. The van der Waals surface area contributed by atoms with E-state index in [4.69, 9.17) is 9.97 Å². The van der Waals surface area contributed by atoms with Gasteiger partial charge in [0, 0.05) is 22.1 Å². The maximum absolute atomic E-state index is 5.29. The van der Waals surface area contributed by atoms with Crippen LogP contribution < -0.4 is 0 Å². The van der Waals surface area contributed by atoms with Gasteiger partial charge in [0.05, 0.1) is 11.4 Å². The zero-order valence-corrected chi connectivity index (χ0v) is 29.7. The predicted octanol–water partition coefficient (Wildman–Crippen LogP) is 13.4. The van der Waals surface area contributed by atoms with Crippen molar-refractivity contribution in [3.63, 3.8) is 0 Å². The van der Waals surface area contributed by atoms with Gasteiger partial charge < -0.3 is 0 Å². The number of hydrogen-bond donors (Lipinski definition) is 0. The summed E-state index contributed by atoms with van der Waals surface area (Å²) in [5.74, 6) is 0.707. The van der Waals surface area contributed by atoms with E-state index in [2.05, 4.69) is 190 Å². The van der Waals surface area contributed by atoms with E-state index in [9.17, 15) is 0 Å². The molecule has 0 amide bonds. The molecule has 0 atom stereocenters. The predicted molar refractivity (Wildman–Crippen MR) is 222 cm³/mol. The Bertz CT molecular complexity index is 2850. The van der Waals surface area contributed by atoms with Gasteiger partial charge in [-0.25, -0.2) is 9.97 Å². The Morgan fingerprint density at radius 3 is 1.74 bits per heavy atom. The number of aromatic nitrogens is 2. The van der Waals surface area contributed by atoms with Crippen LogP contribution in [0, 0.1) is 0 Å². The van der Waals surface area contributed by atoms with Crippen molar-refractivity contribution in [3.8, 4) is 67.3 Å². The largest absolute Gasteiger partial charge is 0.228 e. The number of benzene rings is 8. The highest BCUT2D eigenvalue weighted by atomic mass is 14.9. The third kappa shape index (κ3) is 5.26. The number of rotatable bonds is 5. The van der Waals surface area contributed by atoms with Crippen LogP contribution in [-0.4, -0.2) is 9.97 Å². The fourth-order valence-electron chi connectivity index (χ4n) is 8.30. The molecule has 0 saturated heterocycles. The van der Waals surface area contributed by atoms with Crippen LogP contribution in [0.5, 0.6) is 0 Å². The molecule has 0 radical (unpaired) electrons. The van der Waals surface area contributed by atoms with E-state index in [1.165, 1.54) is 66.1 Å². The highest BCUT2D eigenvalue weighted by Gasteiger charge is 2.35. The van der Waals surface area contributed by atoms with Crippen LogP contribution in [0.4, 0.5) is 0 Å². The topological polar surface area (TPSA) is 25.8 Å². The van der Waals surface area contributed by atoms with Crippen molar-refractivity contribution in [2.75, 3.05) is 0 Å². The Balaban J connectivity index is 1.12. The molecular formula is C51H36N2. The van der Waals surface area contributed by atoms with Crippen molar-refractivity contribution < 1.29 is 0 Å². The molecule has 0 fully saturated rings. The number of hydrogen-bond acceptors (Lipinski definition) is 2. The van der Waals surface area contributed by atoms with Crippen molar-refractivity contribution in [1.29, 1.82) is 0 Å². The monoisotopic (exact) mass is 676 g/mol. The summed E-state index contributed by atoms with van der Waals surface area (Å²) < 4.78 is 0. The normalized spacial score (nSPS) is 12.9. The van der Waals surface area contributed by atoms with Crippen LogP contribution >= 0.6 is 0 Å². The van der Waals surface area contributed by atoms with Gasteiger partial charge in [0.2, 0.25) is 0 Å². The van der Waals surface area contributed by atoms with Gasteiger partial charge in [-0.05, 0) is 84.3 Å². The molecule has 2 nitrogen and oxygen atoms in total. The molecule has 1 aliphatic rings. The van der Waals surface area contributed by atoms with Gasteiger partial charge in [-0.2, -0.15) is 0 Å². The third-order valence-electron chi connectivity index (χ3n) is 11.1. The highest BCUT2D eigenvalue weighted by Crippen LogP contribution is 2.50. The zero-order valence-electron chi connectivity index (χ0n) is 29.7. The number of nitrogens with zero attached hydrogens (tertiary/aromatic N) is 2. The van der Waals surface area contributed by atoms with E-state index in [0.717, 1.165) is 28.1 Å². The lowest BCUT2D eigenvalue weighted by atomic mass is 9.81. The molecule has 8 aromatic carbocycles. The SMILES string of the molecule is CC1(C)c2ccccc2-c2ccc(-c3ccc(-c4cc(-c5ccc6ccccc6c5)nc(-c5ccc(-c6ccccc6)cc5)n4)c4ccccc34)cc21. The summed E-state index contributed by atoms with van der Waals surface area (Å²) in [5, 5.41) is 4.77. The van der Waals surface area contributed by atoms with Gasteiger partial charge in [0.15, 0.2) is 5.82 Å². The van der Waals surface area contributed by atoms with E-state index >= 15 is 0 Å². The van der Waals surface area contributed by atoms with E-state index < -0.39 is 0 Å². The van der Waals surface area contributed by atoms with E-state index in [1.807, 2.05) is 6.07 Å². The van der Waals surface area contributed by atoms with Gasteiger partial charge >= 0.3 is 0 Å². The van der Waals surface area contributed by atoms with Gasteiger partial charge in [0.25, 0.3) is 0 Å². The molecule has 53 heavy (non-hydrogen) atoms. The Hall–Kier alpha value is -6.64. The molecule has 2 heteroatoms. The minimum absolute atomic E-state index is 0.0620. The first-order chi connectivity index (χ1) is 26.0. The van der Waals surface area contributed by atoms with Crippen molar-refractivity contribution in [1.82, 2.24) is 9.97 Å². The minimum atomic E-state index is -0.0620. The molecule has 250 valence electrons. The lowest BCUT2D eigenvalue weighted by Gasteiger charge is -2.22. The van der Waals surface area contributed by atoms with E-state index in [-0.39, 0.29) is 5.41 Å².